The topological polar surface area (TPSA) is 67.6 Å². The molecule has 1 aliphatic rings. The van der Waals surface area contributed by atoms with Crippen LogP contribution >= 0.6 is 0 Å². The fraction of sp³-hybridized carbons (Fsp3) is 0.500. The van der Waals surface area contributed by atoms with Gasteiger partial charge in [-0.25, -0.2) is 0 Å². The summed E-state index contributed by atoms with van der Waals surface area (Å²) >= 11 is 0. The molecule has 0 aromatic heterocycles. The van der Waals surface area contributed by atoms with Crippen molar-refractivity contribution in [2.24, 2.45) is 0 Å². The average Bonchev–Trinajstić information content (AvgIpc) is 2.79. The van der Waals surface area contributed by atoms with Crippen LogP contribution in [0.1, 0.15) is 12.0 Å². The molecule has 0 bridgehead atoms. The monoisotopic (exact) mass is 263 g/mol. The Kier molecular flexibility index (Phi) is 4.63. The number of nitrogen functional groups attached to an aromatic ring is 1. The van der Waals surface area contributed by atoms with Gasteiger partial charge in [0.05, 0.1) is 17.9 Å². The smallest absolute Gasteiger partial charge is 0.239 e. The lowest BCUT2D eigenvalue weighted by Crippen LogP contribution is -2.37. The molecule has 0 spiro atoms. The summed E-state index contributed by atoms with van der Waals surface area (Å²) in [6.07, 6.45) is 1.79. The van der Waals surface area contributed by atoms with E-state index in [9.17, 15) is 4.79 Å². The van der Waals surface area contributed by atoms with E-state index in [-0.39, 0.29) is 5.91 Å². The van der Waals surface area contributed by atoms with Gasteiger partial charge in [0.1, 0.15) is 0 Å². The third-order valence-electron chi connectivity index (χ3n) is 3.30. The molecule has 1 aromatic rings. The molecule has 0 saturated heterocycles. The molecule has 0 fully saturated rings. The van der Waals surface area contributed by atoms with Gasteiger partial charge in [0, 0.05) is 26.8 Å². The lowest BCUT2D eigenvalue weighted by Gasteiger charge is -2.20. The van der Waals surface area contributed by atoms with Crippen LogP contribution in [0.25, 0.3) is 0 Å². The number of carbonyl (C=O) groups excluding carboxylic acids is 1. The van der Waals surface area contributed by atoms with E-state index in [1.807, 2.05) is 12.1 Å². The van der Waals surface area contributed by atoms with Crippen molar-refractivity contribution in [2.45, 2.75) is 12.8 Å². The van der Waals surface area contributed by atoms with Gasteiger partial charge in [-0.3, -0.25) is 4.79 Å². The molecule has 0 unspecified atom stereocenters. The first-order valence-corrected chi connectivity index (χ1v) is 6.60. The maximum absolute atomic E-state index is 11.8. The number of benzene rings is 1. The van der Waals surface area contributed by atoms with Gasteiger partial charge in [-0.15, -0.1) is 0 Å². The number of fused-ring (bicyclic) bond motifs is 1. The van der Waals surface area contributed by atoms with E-state index in [2.05, 4.69) is 16.3 Å². The first-order chi connectivity index (χ1) is 9.22. The van der Waals surface area contributed by atoms with Gasteiger partial charge in [0.25, 0.3) is 0 Å². The number of para-hydroxylation sites is 1. The average molecular weight is 263 g/mol. The van der Waals surface area contributed by atoms with Crippen molar-refractivity contribution in [1.29, 1.82) is 0 Å². The minimum atomic E-state index is 0.0345. The Labute approximate surface area is 113 Å². The van der Waals surface area contributed by atoms with Crippen molar-refractivity contribution < 1.29 is 9.53 Å². The highest BCUT2D eigenvalue weighted by Crippen LogP contribution is 2.33. The second kappa shape index (κ2) is 6.43. The van der Waals surface area contributed by atoms with Crippen molar-refractivity contribution in [3.8, 4) is 0 Å². The molecule has 19 heavy (non-hydrogen) atoms. The van der Waals surface area contributed by atoms with Crippen LogP contribution in [0.5, 0.6) is 0 Å². The first kappa shape index (κ1) is 13.7. The molecular weight excluding hydrogens is 242 g/mol. The maximum Gasteiger partial charge on any atom is 0.239 e. The Morgan fingerprint density at radius 2 is 2.37 bits per heavy atom. The van der Waals surface area contributed by atoms with Crippen LogP contribution in [0, 0.1) is 0 Å². The Bertz CT molecular complexity index is 448. The van der Waals surface area contributed by atoms with E-state index < -0.39 is 0 Å². The summed E-state index contributed by atoms with van der Waals surface area (Å²) in [7, 11) is 1.66. The van der Waals surface area contributed by atoms with E-state index in [1.165, 1.54) is 5.56 Å². The lowest BCUT2D eigenvalue weighted by molar-refractivity contribution is -0.119. The van der Waals surface area contributed by atoms with Crippen LogP contribution in [0.3, 0.4) is 0 Å². The lowest BCUT2D eigenvalue weighted by atomic mass is 10.1. The highest BCUT2D eigenvalue weighted by Gasteiger charge is 2.22. The summed E-state index contributed by atoms with van der Waals surface area (Å²) in [6.45, 7) is 2.54. The number of methoxy groups -OCH3 is 1. The molecule has 104 valence electrons. The summed E-state index contributed by atoms with van der Waals surface area (Å²) < 4.78 is 4.94. The molecule has 0 atom stereocenters. The highest BCUT2D eigenvalue weighted by atomic mass is 16.5. The van der Waals surface area contributed by atoms with Crippen LogP contribution in [0.15, 0.2) is 18.2 Å². The van der Waals surface area contributed by atoms with Crippen LogP contribution in [0.2, 0.25) is 0 Å². The number of ether oxygens (including phenoxy) is 1. The zero-order valence-electron chi connectivity index (χ0n) is 11.3. The standard InChI is InChI=1S/C14H21N3O2/c1-19-9-3-7-16-13(18)10-17-8-6-11-4-2-5-12(15)14(11)17/h2,4-5H,3,6-10,15H2,1H3,(H,16,18). The SMILES string of the molecule is COCCCNC(=O)CN1CCc2cccc(N)c21. The third kappa shape index (κ3) is 3.38. The van der Waals surface area contributed by atoms with Crippen molar-refractivity contribution in [1.82, 2.24) is 5.32 Å². The molecule has 3 N–H and O–H groups in total. The summed E-state index contributed by atoms with van der Waals surface area (Å²) in [5.41, 5.74) is 8.99. The maximum atomic E-state index is 11.8. The van der Waals surface area contributed by atoms with Crippen LogP contribution in [0.4, 0.5) is 11.4 Å². The van der Waals surface area contributed by atoms with E-state index in [4.69, 9.17) is 10.5 Å². The second-order valence-corrected chi connectivity index (χ2v) is 4.72. The quantitative estimate of drug-likeness (QED) is 0.588. The molecular formula is C14H21N3O2. The first-order valence-electron chi connectivity index (χ1n) is 6.60. The number of amides is 1. The molecule has 1 heterocycles. The normalized spacial score (nSPS) is 13.4. The fourth-order valence-electron chi connectivity index (χ4n) is 2.40. The molecule has 2 rings (SSSR count). The van der Waals surface area contributed by atoms with Gasteiger partial charge in [-0.2, -0.15) is 0 Å². The van der Waals surface area contributed by atoms with E-state index in [0.717, 1.165) is 30.8 Å². The van der Waals surface area contributed by atoms with Crippen molar-refractivity contribution in [2.75, 3.05) is 44.0 Å². The summed E-state index contributed by atoms with van der Waals surface area (Å²) in [5.74, 6) is 0.0345. The van der Waals surface area contributed by atoms with Gasteiger partial charge in [0.15, 0.2) is 0 Å². The molecule has 0 aliphatic carbocycles. The summed E-state index contributed by atoms with van der Waals surface area (Å²) in [6, 6.07) is 5.91. The van der Waals surface area contributed by atoms with Crippen molar-refractivity contribution >= 4 is 17.3 Å². The van der Waals surface area contributed by atoms with E-state index in [1.54, 1.807) is 7.11 Å². The molecule has 5 heteroatoms. The molecule has 5 nitrogen and oxygen atoms in total. The predicted molar refractivity (Wildman–Crippen MR) is 76.3 cm³/mol. The number of rotatable bonds is 6. The zero-order valence-corrected chi connectivity index (χ0v) is 11.3. The van der Waals surface area contributed by atoms with E-state index >= 15 is 0 Å². The Balaban J connectivity index is 1.87. The minimum absolute atomic E-state index is 0.0345. The Hall–Kier alpha value is -1.75. The number of anilines is 2. The Morgan fingerprint density at radius 1 is 1.53 bits per heavy atom. The number of nitrogens with zero attached hydrogens (tertiary/aromatic N) is 1. The highest BCUT2D eigenvalue weighted by molar-refractivity contribution is 5.85. The molecule has 0 saturated carbocycles. The zero-order chi connectivity index (χ0) is 13.7. The fourth-order valence-corrected chi connectivity index (χ4v) is 2.40. The molecule has 1 amide bonds. The molecule has 1 aliphatic heterocycles. The van der Waals surface area contributed by atoms with Gasteiger partial charge in [-0.05, 0) is 24.5 Å². The molecule has 1 aromatic carbocycles. The van der Waals surface area contributed by atoms with Gasteiger partial charge < -0.3 is 20.7 Å². The minimum Gasteiger partial charge on any atom is -0.397 e. The van der Waals surface area contributed by atoms with Crippen LogP contribution in [-0.2, 0) is 16.0 Å². The largest absolute Gasteiger partial charge is 0.397 e. The van der Waals surface area contributed by atoms with Gasteiger partial charge in [-0.1, -0.05) is 12.1 Å². The van der Waals surface area contributed by atoms with Gasteiger partial charge >= 0.3 is 0 Å². The van der Waals surface area contributed by atoms with Gasteiger partial charge in [0.2, 0.25) is 5.91 Å². The second-order valence-electron chi connectivity index (χ2n) is 4.72. The third-order valence-corrected chi connectivity index (χ3v) is 3.30. The van der Waals surface area contributed by atoms with E-state index in [0.29, 0.717) is 19.7 Å². The number of hydrogen-bond donors (Lipinski definition) is 2. The van der Waals surface area contributed by atoms with Crippen LogP contribution < -0.4 is 16.0 Å². The summed E-state index contributed by atoms with van der Waals surface area (Å²) in [4.78, 5) is 13.9. The molecule has 0 radical (unpaired) electrons. The number of nitrogens with one attached hydrogen (secondary N) is 1. The number of carbonyl (C=O) groups is 1. The Morgan fingerprint density at radius 3 is 3.16 bits per heavy atom. The van der Waals surface area contributed by atoms with Crippen LogP contribution in [-0.4, -0.2) is 39.3 Å². The van der Waals surface area contributed by atoms with Crippen molar-refractivity contribution in [3.63, 3.8) is 0 Å². The number of nitrogens with two attached hydrogens (primary N) is 1. The summed E-state index contributed by atoms with van der Waals surface area (Å²) in [5, 5.41) is 2.89. The van der Waals surface area contributed by atoms with Crippen molar-refractivity contribution in [3.05, 3.63) is 23.8 Å². The number of hydrogen-bond acceptors (Lipinski definition) is 4. The predicted octanol–water partition coefficient (Wildman–Crippen LogP) is 0.784.